The van der Waals surface area contributed by atoms with Crippen molar-refractivity contribution in [2.75, 3.05) is 17.7 Å². The summed E-state index contributed by atoms with van der Waals surface area (Å²) in [5.41, 5.74) is 1.29. The van der Waals surface area contributed by atoms with E-state index in [2.05, 4.69) is 25.3 Å². The third-order valence-corrected chi connectivity index (χ3v) is 5.37. The highest BCUT2D eigenvalue weighted by molar-refractivity contribution is 7.89. The van der Waals surface area contributed by atoms with Crippen LogP contribution in [0.25, 0.3) is 0 Å². The van der Waals surface area contributed by atoms with Crippen LogP contribution in [-0.4, -0.2) is 25.4 Å². The Morgan fingerprint density at radius 3 is 2.07 bits per heavy atom. The van der Waals surface area contributed by atoms with Crippen molar-refractivity contribution in [2.45, 2.75) is 4.90 Å². The minimum Gasteiger partial charge on any atom is -0.340 e. The number of sulfonamides is 1. The van der Waals surface area contributed by atoms with E-state index in [1.54, 1.807) is 24.3 Å². The SMILES string of the molecule is CNS(=O)(=O)c1cc(Cl)cc(Nc2cc(Nc3ccc(Cl)cc3)ncn2)c1. The molecule has 0 radical (unpaired) electrons. The number of hydrogen-bond donors (Lipinski definition) is 3. The number of rotatable bonds is 6. The molecule has 10 heteroatoms. The van der Waals surface area contributed by atoms with Crippen LogP contribution in [-0.2, 0) is 10.0 Å². The summed E-state index contributed by atoms with van der Waals surface area (Å²) in [7, 11) is -2.28. The van der Waals surface area contributed by atoms with Crippen molar-refractivity contribution in [3.63, 3.8) is 0 Å². The molecule has 0 aliphatic heterocycles. The van der Waals surface area contributed by atoms with Crippen LogP contribution in [0.3, 0.4) is 0 Å². The van der Waals surface area contributed by atoms with Gasteiger partial charge in [0.25, 0.3) is 0 Å². The zero-order chi connectivity index (χ0) is 19.4. The lowest BCUT2D eigenvalue weighted by molar-refractivity contribution is 0.588. The highest BCUT2D eigenvalue weighted by Crippen LogP contribution is 2.25. The molecule has 0 aliphatic carbocycles. The maximum Gasteiger partial charge on any atom is 0.240 e. The number of aromatic nitrogens is 2. The van der Waals surface area contributed by atoms with Gasteiger partial charge in [-0.15, -0.1) is 0 Å². The second kappa shape index (κ2) is 8.10. The Morgan fingerprint density at radius 2 is 1.44 bits per heavy atom. The fraction of sp³-hybridized carbons (Fsp3) is 0.0588. The molecule has 1 heterocycles. The van der Waals surface area contributed by atoms with Crippen LogP contribution in [0, 0.1) is 0 Å². The van der Waals surface area contributed by atoms with Gasteiger partial charge in [-0.25, -0.2) is 23.1 Å². The Bertz CT molecular complexity index is 1060. The molecule has 0 fully saturated rings. The summed E-state index contributed by atoms with van der Waals surface area (Å²) in [6.45, 7) is 0. The second-order valence-electron chi connectivity index (χ2n) is 5.43. The van der Waals surface area contributed by atoms with Crippen molar-refractivity contribution in [1.82, 2.24) is 14.7 Å². The fourth-order valence-electron chi connectivity index (χ4n) is 2.23. The van der Waals surface area contributed by atoms with E-state index in [1.807, 2.05) is 12.1 Å². The van der Waals surface area contributed by atoms with E-state index >= 15 is 0 Å². The van der Waals surface area contributed by atoms with Gasteiger partial charge in [-0.3, -0.25) is 0 Å². The molecular weight excluding hydrogens is 409 g/mol. The molecule has 2 aromatic carbocycles. The third-order valence-electron chi connectivity index (χ3n) is 3.51. The number of benzene rings is 2. The lowest BCUT2D eigenvalue weighted by atomic mass is 10.3. The standard InChI is InChI=1S/C17H15Cl2N5O2S/c1-20-27(25,26)15-7-12(19)6-14(8-15)24-17-9-16(21-10-22-17)23-13-4-2-11(18)3-5-13/h2-10,20H,1H3,(H2,21,22,23,24). The van der Waals surface area contributed by atoms with Crippen LogP contribution in [0.1, 0.15) is 0 Å². The number of nitrogens with zero attached hydrogens (tertiary/aromatic N) is 2. The van der Waals surface area contributed by atoms with Crippen molar-refractivity contribution in [3.8, 4) is 0 Å². The first kappa shape index (κ1) is 19.4. The first-order valence-electron chi connectivity index (χ1n) is 7.71. The van der Waals surface area contributed by atoms with E-state index in [0.717, 1.165) is 5.69 Å². The van der Waals surface area contributed by atoms with Gasteiger partial charge < -0.3 is 10.6 Å². The third kappa shape index (κ3) is 5.08. The van der Waals surface area contributed by atoms with E-state index in [1.165, 1.54) is 25.5 Å². The van der Waals surface area contributed by atoms with Crippen LogP contribution >= 0.6 is 23.2 Å². The molecule has 3 aromatic rings. The Kier molecular flexibility index (Phi) is 5.81. The molecule has 7 nitrogen and oxygen atoms in total. The maximum atomic E-state index is 12.0. The molecule has 0 unspecified atom stereocenters. The molecule has 0 saturated heterocycles. The maximum absolute atomic E-state index is 12.0. The Labute approximate surface area is 166 Å². The predicted octanol–water partition coefficient (Wildman–Crippen LogP) is 4.18. The molecule has 27 heavy (non-hydrogen) atoms. The second-order valence-corrected chi connectivity index (χ2v) is 8.19. The van der Waals surface area contributed by atoms with Crippen molar-refractivity contribution in [1.29, 1.82) is 0 Å². The van der Waals surface area contributed by atoms with Crippen molar-refractivity contribution >= 4 is 56.2 Å². The van der Waals surface area contributed by atoms with Crippen LogP contribution in [0.15, 0.2) is 59.8 Å². The van der Waals surface area contributed by atoms with Gasteiger partial charge in [-0.1, -0.05) is 23.2 Å². The molecule has 0 amide bonds. The minimum absolute atomic E-state index is 0.0496. The molecule has 0 atom stereocenters. The van der Waals surface area contributed by atoms with E-state index in [4.69, 9.17) is 23.2 Å². The molecule has 0 spiro atoms. The summed E-state index contributed by atoms with van der Waals surface area (Å²) in [6.07, 6.45) is 1.39. The minimum atomic E-state index is -3.62. The fourth-order valence-corrected chi connectivity index (χ4v) is 3.46. The Morgan fingerprint density at radius 1 is 0.815 bits per heavy atom. The molecule has 3 N–H and O–H groups in total. The van der Waals surface area contributed by atoms with E-state index in [-0.39, 0.29) is 9.92 Å². The molecular formula is C17H15Cl2N5O2S. The normalized spacial score (nSPS) is 11.2. The van der Waals surface area contributed by atoms with Gasteiger partial charge in [-0.05, 0) is 49.5 Å². The monoisotopic (exact) mass is 423 g/mol. The molecule has 0 saturated carbocycles. The van der Waals surface area contributed by atoms with Crippen LogP contribution in [0.4, 0.5) is 23.0 Å². The Hall–Kier alpha value is -2.39. The average Bonchev–Trinajstić information content (AvgIpc) is 2.63. The smallest absolute Gasteiger partial charge is 0.240 e. The van der Waals surface area contributed by atoms with Gasteiger partial charge in [0.15, 0.2) is 0 Å². The average molecular weight is 424 g/mol. The number of hydrogen-bond acceptors (Lipinski definition) is 6. The van der Waals surface area contributed by atoms with Crippen molar-refractivity contribution in [3.05, 3.63) is 64.9 Å². The zero-order valence-electron chi connectivity index (χ0n) is 14.1. The lowest BCUT2D eigenvalue weighted by Gasteiger charge is -2.11. The highest BCUT2D eigenvalue weighted by Gasteiger charge is 2.13. The predicted molar refractivity (Wildman–Crippen MR) is 108 cm³/mol. The van der Waals surface area contributed by atoms with Crippen LogP contribution in [0.2, 0.25) is 10.0 Å². The Balaban J connectivity index is 1.83. The summed E-state index contributed by atoms with van der Waals surface area (Å²) in [4.78, 5) is 8.35. The molecule has 1 aromatic heterocycles. The zero-order valence-corrected chi connectivity index (χ0v) is 16.4. The molecule has 0 bridgehead atoms. The lowest BCUT2D eigenvalue weighted by Crippen LogP contribution is -2.18. The van der Waals surface area contributed by atoms with Gasteiger partial charge in [0, 0.05) is 27.5 Å². The first-order chi connectivity index (χ1) is 12.9. The molecule has 0 aliphatic rings. The van der Waals surface area contributed by atoms with Gasteiger partial charge >= 0.3 is 0 Å². The van der Waals surface area contributed by atoms with Gasteiger partial charge in [0.2, 0.25) is 10.0 Å². The van der Waals surface area contributed by atoms with Crippen LogP contribution in [0.5, 0.6) is 0 Å². The number of nitrogens with one attached hydrogen (secondary N) is 3. The summed E-state index contributed by atoms with van der Waals surface area (Å²) in [5, 5.41) is 7.08. The van der Waals surface area contributed by atoms with E-state index in [0.29, 0.717) is 22.3 Å². The topological polar surface area (TPSA) is 96.0 Å². The van der Waals surface area contributed by atoms with Crippen molar-refractivity contribution < 1.29 is 8.42 Å². The summed E-state index contributed by atoms with van der Waals surface area (Å²) >= 11 is 11.9. The van der Waals surface area contributed by atoms with E-state index < -0.39 is 10.0 Å². The molecule has 140 valence electrons. The van der Waals surface area contributed by atoms with Crippen molar-refractivity contribution in [2.24, 2.45) is 0 Å². The summed E-state index contributed by atoms with van der Waals surface area (Å²) in [6, 6.07) is 13.3. The first-order valence-corrected chi connectivity index (χ1v) is 9.95. The van der Waals surface area contributed by atoms with Gasteiger partial charge in [0.1, 0.15) is 18.0 Å². The summed E-state index contributed by atoms with van der Waals surface area (Å²) in [5.74, 6) is 1.02. The van der Waals surface area contributed by atoms with Crippen LogP contribution < -0.4 is 15.4 Å². The van der Waals surface area contributed by atoms with E-state index in [9.17, 15) is 8.42 Å². The van der Waals surface area contributed by atoms with Gasteiger partial charge in [-0.2, -0.15) is 0 Å². The largest absolute Gasteiger partial charge is 0.340 e. The summed E-state index contributed by atoms with van der Waals surface area (Å²) < 4.78 is 26.3. The highest BCUT2D eigenvalue weighted by atomic mass is 35.5. The van der Waals surface area contributed by atoms with Gasteiger partial charge in [0.05, 0.1) is 4.90 Å². The number of halogens is 2. The number of anilines is 4. The quantitative estimate of drug-likeness (QED) is 0.550. The molecule has 3 rings (SSSR count).